The van der Waals surface area contributed by atoms with Crippen LogP contribution in [0.2, 0.25) is 0 Å². The molecule has 2 aromatic rings. The van der Waals surface area contributed by atoms with E-state index in [-0.39, 0.29) is 0 Å². The lowest BCUT2D eigenvalue weighted by atomic mass is 10.1. The summed E-state index contributed by atoms with van der Waals surface area (Å²) >= 11 is 0. The lowest BCUT2D eigenvalue weighted by molar-refractivity contribution is -0.137. The van der Waals surface area contributed by atoms with Gasteiger partial charge in [0.25, 0.3) is 0 Å². The average Bonchev–Trinajstić information content (AvgIpc) is 2.74. The Bertz CT molecular complexity index is 544. The molecule has 0 aliphatic rings. The van der Waals surface area contributed by atoms with Crippen LogP contribution >= 0.6 is 0 Å². The number of aryl methyl sites for hydroxylation is 1. The maximum Gasteiger partial charge on any atom is 0.416 e. The van der Waals surface area contributed by atoms with E-state index in [2.05, 4.69) is 5.32 Å². The molecule has 0 radical (unpaired) electrons. The van der Waals surface area contributed by atoms with E-state index in [9.17, 15) is 13.2 Å². The second-order valence-electron chi connectivity index (χ2n) is 4.49. The Morgan fingerprint density at radius 3 is 2.47 bits per heavy atom. The fourth-order valence-electron chi connectivity index (χ4n) is 1.87. The van der Waals surface area contributed by atoms with Crippen LogP contribution in [0.5, 0.6) is 0 Å². The Balaban J connectivity index is 1.93. The molecule has 0 spiro atoms. The van der Waals surface area contributed by atoms with E-state index < -0.39 is 11.7 Å². The van der Waals surface area contributed by atoms with E-state index in [0.717, 1.165) is 11.6 Å². The molecule has 0 atom stereocenters. The van der Waals surface area contributed by atoms with Crippen molar-refractivity contribution in [1.29, 1.82) is 0 Å². The topological polar surface area (TPSA) is 17.0 Å². The number of benzene rings is 1. The van der Waals surface area contributed by atoms with E-state index in [1.54, 1.807) is 6.07 Å². The summed E-state index contributed by atoms with van der Waals surface area (Å²) in [4.78, 5) is 0. The van der Waals surface area contributed by atoms with Crippen LogP contribution in [0.3, 0.4) is 0 Å². The van der Waals surface area contributed by atoms with Crippen molar-refractivity contribution < 1.29 is 13.2 Å². The molecule has 19 heavy (non-hydrogen) atoms. The molecule has 0 unspecified atom stereocenters. The highest BCUT2D eigenvalue weighted by molar-refractivity contribution is 5.25. The summed E-state index contributed by atoms with van der Waals surface area (Å²) in [7, 11) is 1.93. The van der Waals surface area contributed by atoms with Crippen molar-refractivity contribution in [2.24, 2.45) is 7.05 Å². The Morgan fingerprint density at radius 2 is 1.84 bits per heavy atom. The van der Waals surface area contributed by atoms with Gasteiger partial charge >= 0.3 is 6.18 Å². The Kier molecular flexibility index (Phi) is 3.95. The molecule has 0 saturated carbocycles. The third-order valence-corrected chi connectivity index (χ3v) is 2.81. The number of halogens is 3. The standard InChI is InChI=1S/C14H15F3N2/c1-19-6-5-12(10-19)9-18-8-11-3-2-4-13(7-11)14(15,16)17/h2-7,10,18H,8-9H2,1H3. The minimum Gasteiger partial charge on any atom is -0.357 e. The van der Waals surface area contributed by atoms with Gasteiger partial charge in [0.1, 0.15) is 0 Å². The third-order valence-electron chi connectivity index (χ3n) is 2.81. The molecule has 1 aromatic heterocycles. The van der Waals surface area contributed by atoms with Gasteiger partial charge in [-0.1, -0.05) is 18.2 Å². The van der Waals surface area contributed by atoms with Crippen molar-refractivity contribution >= 4 is 0 Å². The summed E-state index contributed by atoms with van der Waals surface area (Å²) < 4.78 is 39.5. The maximum atomic E-state index is 12.5. The van der Waals surface area contributed by atoms with Gasteiger partial charge in [-0.3, -0.25) is 0 Å². The fourth-order valence-corrected chi connectivity index (χ4v) is 1.87. The Labute approximate surface area is 109 Å². The molecule has 102 valence electrons. The summed E-state index contributed by atoms with van der Waals surface area (Å²) in [5, 5.41) is 3.13. The summed E-state index contributed by atoms with van der Waals surface area (Å²) in [6, 6.07) is 7.35. The largest absolute Gasteiger partial charge is 0.416 e. The second kappa shape index (κ2) is 5.48. The number of hydrogen-bond acceptors (Lipinski definition) is 1. The first-order chi connectivity index (χ1) is 8.95. The van der Waals surface area contributed by atoms with Gasteiger partial charge in [0.05, 0.1) is 5.56 Å². The molecular formula is C14H15F3N2. The van der Waals surface area contributed by atoms with Crippen LogP contribution in [0.1, 0.15) is 16.7 Å². The first-order valence-corrected chi connectivity index (χ1v) is 5.93. The SMILES string of the molecule is Cn1ccc(CNCc2cccc(C(F)(F)F)c2)c1. The van der Waals surface area contributed by atoms with Gasteiger partial charge in [0.15, 0.2) is 0 Å². The number of nitrogens with one attached hydrogen (secondary N) is 1. The van der Waals surface area contributed by atoms with Crippen molar-refractivity contribution in [3.05, 3.63) is 59.4 Å². The first-order valence-electron chi connectivity index (χ1n) is 5.93. The highest BCUT2D eigenvalue weighted by Crippen LogP contribution is 2.29. The molecular weight excluding hydrogens is 253 g/mol. The molecule has 0 amide bonds. The highest BCUT2D eigenvalue weighted by atomic mass is 19.4. The van der Waals surface area contributed by atoms with Crippen molar-refractivity contribution in [3.63, 3.8) is 0 Å². The number of aromatic nitrogens is 1. The van der Waals surface area contributed by atoms with E-state index in [1.165, 1.54) is 12.1 Å². The van der Waals surface area contributed by atoms with Crippen molar-refractivity contribution in [1.82, 2.24) is 9.88 Å². The van der Waals surface area contributed by atoms with Crippen molar-refractivity contribution in [2.45, 2.75) is 19.3 Å². The molecule has 1 N–H and O–H groups in total. The Morgan fingerprint density at radius 1 is 1.11 bits per heavy atom. The van der Waals surface area contributed by atoms with Gasteiger partial charge in [0, 0.05) is 32.5 Å². The predicted octanol–water partition coefficient (Wildman–Crippen LogP) is 3.33. The number of nitrogens with zero attached hydrogens (tertiary/aromatic N) is 1. The molecule has 0 bridgehead atoms. The zero-order chi connectivity index (χ0) is 13.9. The molecule has 2 rings (SSSR count). The maximum absolute atomic E-state index is 12.5. The molecule has 1 heterocycles. The fraction of sp³-hybridized carbons (Fsp3) is 0.286. The molecule has 0 aliphatic carbocycles. The van der Waals surface area contributed by atoms with Gasteiger partial charge in [-0.15, -0.1) is 0 Å². The van der Waals surface area contributed by atoms with Crippen LogP contribution in [0.4, 0.5) is 13.2 Å². The average molecular weight is 268 g/mol. The minimum absolute atomic E-state index is 0.415. The number of alkyl halides is 3. The van der Waals surface area contributed by atoms with Gasteiger partial charge in [-0.25, -0.2) is 0 Å². The second-order valence-corrected chi connectivity index (χ2v) is 4.49. The van der Waals surface area contributed by atoms with Gasteiger partial charge in [0.2, 0.25) is 0 Å². The van der Waals surface area contributed by atoms with Crippen molar-refractivity contribution in [3.8, 4) is 0 Å². The van der Waals surface area contributed by atoms with Crippen molar-refractivity contribution in [2.75, 3.05) is 0 Å². The summed E-state index contributed by atoms with van der Waals surface area (Å²) in [6.07, 6.45) is -0.379. The van der Waals surface area contributed by atoms with E-state index in [0.29, 0.717) is 18.7 Å². The molecule has 0 aliphatic heterocycles. The first kappa shape index (κ1) is 13.7. The number of rotatable bonds is 4. The van der Waals surface area contributed by atoms with Crippen LogP contribution in [-0.2, 0) is 26.3 Å². The van der Waals surface area contributed by atoms with Crippen LogP contribution in [0, 0.1) is 0 Å². The molecule has 0 saturated heterocycles. The van der Waals surface area contributed by atoms with Gasteiger partial charge in [-0.05, 0) is 23.3 Å². The summed E-state index contributed by atoms with van der Waals surface area (Å²) in [5.41, 5.74) is 1.13. The highest BCUT2D eigenvalue weighted by Gasteiger charge is 2.30. The van der Waals surface area contributed by atoms with E-state index >= 15 is 0 Å². The van der Waals surface area contributed by atoms with Crippen LogP contribution in [0.15, 0.2) is 42.7 Å². The summed E-state index contributed by atoms with van der Waals surface area (Å²) in [6.45, 7) is 1.05. The molecule has 2 nitrogen and oxygen atoms in total. The zero-order valence-electron chi connectivity index (χ0n) is 10.5. The quantitative estimate of drug-likeness (QED) is 0.900. The molecule has 0 fully saturated rings. The number of hydrogen-bond donors (Lipinski definition) is 1. The molecule has 1 aromatic carbocycles. The zero-order valence-corrected chi connectivity index (χ0v) is 10.5. The van der Waals surface area contributed by atoms with Gasteiger partial charge in [-0.2, -0.15) is 13.2 Å². The smallest absolute Gasteiger partial charge is 0.357 e. The minimum atomic E-state index is -4.28. The predicted molar refractivity (Wildman–Crippen MR) is 67.4 cm³/mol. The van der Waals surface area contributed by atoms with Crippen LogP contribution in [-0.4, -0.2) is 4.57 Å². The monoisotopic (exact) mass is 268 g/mol. The lowest BCUT2D eigenvalue weighted by Crippen LogP contribution is -2.13. The van der Waals surface area contributed by atoms with E-state index in [1.807, 2.05) is 30.1 Å². The van der Waals surface area contributed by atoms with E-state index in [4.69, 9.17) is 0 Å². The molecule has 5 heteroatoms. The van der Waals surface area contributed by atoms with Crippen LogP contribution < -0.4 is 5.32 Å². The third kappa shape index (κ3) is 3.86. The van der Waals surface area contributed by atoms with Gasteiger partial charge < -0.3 is 9.88 Å². The van der Waals surface area contributed by atoms with Crippen LogP contribution in [0.25, 0.3) is 0 Å². The summed E-state index contributed by atoms with van der Waals surface area (Å²) in [5.74, 6) is 0. The lowest BCUT2D eigenvalue weighted by Gasteiger charge is -2.09. The normalized spacial score (nSPS) is 11.8. The Hall–Kier alpha value is -1.75.